The third-order valence-electron chi connectivity index (χ3n) is 3.77. The fourth-order valence-corrected chi connectivity index (χ4v) is 2.73. The van der Waals surface area contributed by atoms with Crippen molar-refractivity contribution in [2.45, 2.75) is 27.2 Å². The zero-order valence-corrected chi connectivity index (χ0v) is 14.0. The van der Waals surface area contributed by atoms with Gasteiger partial charge < -0.3 is 9.73 Å². The van der Waals surface area contributed by atoms with Gasteiger partial charge in [0.1, 0.15) is 0 Å². The van der Waals surface area contributed by atoms with Crippen LogP contribution in [-0.2, 0) is 6.42 Å². The topological polar surface area (TPSA) is 68.0 Å². The van der Waals surface area contributed by atoms with E-state index in [1.807, 2.05) is 63.2 Å². The van der Waals surface area contributed by atoms with Crippen LogP contribution in [0.25, 0.3) is 0 Å². The molecule has 3 aromatic rings. The second-order valence-electron chi connectivity index (χ2n) is 5.89. The molecule has 5 nitrogen and oxygen atoms in total. The molecule has 0 atom stereocenters. The highest BCUT2D eigenvalue weighted by atomic mass is 16.4. The molecule has 1 N–H and O–H groups in total. The fraction of sp³-hybridized carbons (Fsp3) is 0.211. The van der Waals surface area contributed by atoms with Crippen molar-refractivity contribution in [2.75, 3.05) is 5.32 Å². The first-order chi connectivity index (χ1) is 11.5. The van der Waals surface area contributed by atoms with Gasteiger partial charge in [-0.25, -0.2) is 0 Å². The lowest BCUT2D eigenvalue weighted by atomic mass is 10.1. The minimum atomic E-state index is -0.392. The van der Waals surface area contributed by atoms with Crippen LogP contribution in [-0.4, -0.2) is 16.1 Å². The molecular weight excluding hydrogens is 302 g/mol. The van der Waals surface area contributed by atoms with E-state index < -0.39 is 5.91 Å². The second kappa shape index (κ2) is 6.66. The SMILES string of the molecule is Cc1cc(C)c(NC(=O)c2nnc(Cc3ccccc3)o2)c(C)c1. The molecule has 1 heterocycles. The molecule has 1 amide bonds. The standard InChI is InChI=1S/C19H19N3O2/c1-12-9-13(2)17(14(3)10-12)20-18(23)19-22-21-16(24-19)11-15-7-5-4-6-8-15/h4-10H,11H2,1-3H3,(H,20,23). The molecule has 3 rings (SSSR count). The Morgan fingerprint density at radius 1 is 1.04 bits per heavy atom. The lowest BCUT2D eigenvalue weighted by Crippen LogP contribution is -2.14. The van der Waals surface area contributed by atoms with Crippen LogP contribution in [0.4, 0.5) is 5.69 Å². The molecule has 0 saturated carbocycles. The van der Waals surface area contributed by atoms with E-state index in [2.05, 4.69) is 15.5 Å². The zero-order valence-electron chi connectivity index (χ0n) is 14.0. The molecule has 0 radical (unpaired) electrons. The first-order valence-electron chi connectivity index (χ1n) is 7.78. The van der Waals surface area contributed by atoms with E-state index in [9.17, 15) is 4.79 Å². The highest BCUT2D eigenvalue weighted by Gasteiger charge is 2.17. The maximum atomic E-state index is 12.4. The minimum absolute atomic E-state index is 0.0275. The third kappa shape index (κ3) is 3.51. The number of benzene rings is 2. The lowest BCUT2D eigenvalue weighted by Gasteiger charge is -2.11. The van der Waals surface area contributed by atoms with Crippen molar-refractivity contribution in [1.82, 2.24) is 10.2 Å². The van der Waals surface area contributed by atoms with Crippen molar-refractivity contribution >= 4 is 11.6 Å². The normalized spacial score (nSPS) is 10.6. The molecule has 0 aliphatic heterocycles. The summed E-state index contributed by atoms with van der Waals surface area (Å²) in [5.74, 6) is 0.000806. The summed E-state index contributed by atoms with van der Waals surface area (Å²) in [5, 5.41) is 10.7. The van der Waals surface area contributed by atoms with Gasteiger partial charge in [-0.3, -0.25) is 4.79 Å². The van der Waals surface area contributed by atoms with Gasteiger partial charge in [0.15, 0.2) is 0 Å². The number of hydrogen-bond donors (Lipinski definition) is 1. The Morgan fingerprint density at radius 3 is 2.38 bits per heavy atom. The Hall–Kier alpha value is -2.95. The number of amides is 1. The molecule has 2 aromatic carbocycles. The van der Waals surface area contributed by atoms with Gasteiger partial charge in [-0.1, -0.05) is 48.0 Å². The predicted molar refractivity (Wildman–Crippen MR) is 92.2 cm³/mol. The summed E-state index contributed by atoms with van der Waals surface area (Å²) in [7, 11) is 0. The Balaban J connectivity index is 1.75. The lowest BCUT2D eigenvalue weighted by molar-refractivity contribution is 0.0988. The third-order valence-corrected chi connectivity index (χ3v) is 3.77. The maximum Gasteiger partial charge on any atom is 0.313 e. The smallest absolute Gasteiger partial charge is 0.313 e. The number of carbonyl (C=O) groups excluding carboxylic acids is 1. The van der Waals surface area contributed by atoms with Crippen molar-refractivity contribution in [2.24, 2.45) is 0 Å². The molecule has 24 heavy (non-hydrogen) atoms. The van der Waals surface area contributed by atoms with Crippen molar-refractivity contribution in [3.63, 3.8) is 0 Å². The van der Waals surface area contributed by atoms with Crippen LogP contribution in [0.5, 0.6) is 0 Å². The van der Waals surface area contributed by atoms with Gasteiger partial charge in [0.2, 0.25) is 5.89 Å². The minimum Gasteiger partial charge on any atom is -0.417 e. The number of nitrogens with one attached hydrogen (secondary N) is 1. The summed E-state index contributed by atoms with van der Waals surface area (Å²) >= 11 is 0. The quantitative estimate of drug-likeness (QED) is 0.793. The number of nitrogens with zero attached hydrogens (tertiary/aromatic N) is 2. The summed E-state index contributed by atoms with van der Waals surface area (Å²) in [6.07, 6.45) is 0.504. The molecule has 1 aromatic heterocycles. The van der Waals surface area contributed by atoms with Crippen LogP contribution in [0.15, 0.2) is 46.9 Å². The summed E-state index contributed by atoms with van der Waals surface area (Å²) in [4.78, 5) is 12.4. The van der Waals surface area contributed by atoms with Gasteiger partial charge in [-0.15, -0.1) is 10.2 Å². The van der Waals surface area contributed by atoms with Crippen LogP contribution < -0.4 is 5.32 Å². The number of anilines is 1. The van der Waals surface area contributed by atoms with E-state index in [0.717, 1.165) is 27.9 Å². The molecule has 0 fully saturated rings. The average Bonchev–Trinajstić information content (AvgIpc) is 3.00. The second-order valence-corrected chi connectivity index (χ2v) is 5.89. The molecule has 0 aliphatic rings. The largest absolute Gasteiger partial charge is 0.417 e. The van der Waals surface area contributed by atoms with E-state index in [1.54, 1.807) is 0 Å². The molecule has 0 unspecified atom stereocenters. The van der Waals surface area contributed by atoms with Crippen molar-refractivity contribution in [1.29, 1.82) is 0 Å². The van der Waals surface area contributed by atoms with Crippen LogP contribution in [0.1, 0.15) is 38.8 Å². The number of hydrogen-bond acceptors (Lipinski definition) is 4. The van der Waals surface area contributed by atoms with E-state index >= 15 is 0 Å². The number of rotatable bonds is 4. The Morgan fingerprint density at radius 2 is 1.71 bits per heavy atom. The van der Waals surface area contributed by atoms with Crippen LogP contribution >= 0.6 is 0 Å². The molecular formula is C19H19N3O2. The Kier molecular flexibility index (Phi) is 4.42. The van der Waals surface area contributed by atoms with Gasteiger partial charge in [0.25, 0.3) is 0 Å². The number of aromatic nitrogens is 2. The zero-order chi connectivity index (χ0) is 17.1. The molecule has 0 aliphatic carbocycles. The van der Waals surface area contributed by atoms with Gasteiger partial charge in [0.05, 0.1) is 6.42 Å². The first kappa shape index (κ1) is 15.9. The molecule has 0 bridgehead atoms. The summed E-state index contributed by atoms with van der Waals surface area (Å²) in [6, 6.07) is 13.8. The molecule has 122 valence electrons. The van der Waals surface area contributed by atoms with Gasteiger partial charge >= 0.3 is 11.8 Å². The van der Waals surface area contributed by atoms with Gasteiger partial charge in [-0.05, 0) is 37.5 Å². The maximum absolute atomic E-state index is 12.4. The monoisotopic (exact) mass is 321 g/mol. The molecule has 0 saturated heterocycles. The molecule has 0 spiro atoms. The summed E-state index contributed by atoms with van der Waals surface area (Å²) < 4.78 is 5.49. The predicted octanol–water partition coefficient (Wildman–Crippen LogP) is 3.84. The van der Waals surface area contributed by atoms with Crippen molar-refractivity contribution in [3.8, 4) is 0 Å². The Labute approximate surface area is 140 Å². The van der Waals surface area contributed by atoms with E-state index in [-0.39, 0.29) is 5.89 Å². The Bertz CT molecular complexity index is 846. The number of carbonyl (C=O) groups is 1. The van der Waals surface area contributed by atoms with E-state index in [1.165, 1.54) is 0 Å². The van der Waals surface area contributed by atoms with Crippen molar-refractivity contribution in [3.05, 3.63) is 76.5 Å². The summed E-state index contributed by atoms with van der Waals surface area (Å²) in [6.45, 7) is 5.95. The first-order valence-corrected chi connectivity index (χ1v) is 7.78. The van der Waals surface area contributed by atoms with Gasteiger partial charge in [-0.2, -0.15) is 0 Å². The average molecular weight is 321 g/mol. The van der Waals surface area contributed by atoms with E-state index in [0.29, 0.717) is 12.3 Å². The molecule has 5 heteroatoms. The highest BCUT2D eigenvalue weighted by molar-refractivity contribution is 6.01. The summed E-state index contributed by atoms with van der Waals surface area (Å²) in [5.41, 5.74) is 5.01. The van der Waals surface area contributed by atoms with Gasteiger partial charge in [0, 0.05) is 5.69 Å². The van der Waals surface area contributed by atoms with Crippen LogP contribution in [0, 0.1) is 20.8 Å². The highest BCUT2D eigenvalue weighted by Crippen LogP contribution is 2.22. The van der Waals surface area contributed by atoms with E-state index in [4.69, 9.17) is 4.42 Å². The van der Waals surface area contributed by atoms with Crippen LogP contribution in [0.3, 0.4) is 0 Å². The van der Waals surface area contributed by atoms with Crippen LogP contribution in [0.2, 0.25) is 0 Å². The fourth-order valence-electron chi connectivity index (χ4n) is 2.73. The number of aryl methyl sites for hydroxylation is 3. The van der Waals surface area contributed by atoms with Crippen molar-refractivity contribution < 1.29 is 9.21 Å².